The molecule has 9 heteroatoms. The number of hydrogen-bond donors (Lipinski definition) is 3. The monoisotopic (exact) mass is 472 g/mol. The maximum atomic E-state index is 12.0. The molecule has 0 atom stereocenters. The van der Waals surface area contributed by atoms with Gasteiger partial charge in [0.1, 0.15) is 5.75 Å². The average Bonchev–Trinajstić information content (AvgIpc) is 3.54. The molecule has 3 amide bonds. The van der Waals surface area contributed by atoms with Gasteiger partial charge < -0.3 is 15.4 Å². The lowest BCUT2D eigenvalue weighted by molar-refractivity contribution is -0.139. The molecule has 1 aliphatic carbocycles. The van der Waals surface area contributed by atoms with E-state index in [1.165, 1.54) is 6.21 Å². The van der Waals surface area contributed by atoms with Gasteiger partial charge in [-0.05, 0) is 73.4 Å². The molecule has 156 valence electrons. The van der Waals surface area contributed by atoms with Crippen LogP contribution in [0, 0.1) is 6.92 Å². The lowest BCUT2D eigenvalue weighted by Gasteiger charge is -2.09. The molecule has 3 rings (SSSR count). The number of carbonyl (C=O) groups is 3. The summed E-state index contributed by atoms with van der Waals surface area (Å²) in [6.45, 7) is 1.81. The molecule has 0 aliphatic heterocycles. The van der Waals surface area contributed by atoms with Crippen LogP contribution in [-0.2, 0) is 14.4 Å². The van der Waals surface area contributed by atoms with E-state index in [2.05, 4.69) is 37.1 Å². The molecule has 2 aromatic carbocycles. The molecule has 0 bridgehead atoms. The second-order valence-electron chi connectivity index (χ2n) is 6.82. The van der Waals surface area contributed by atoms with Gasteiger partial charge in [-0.2, -0.15) is 5.10 Å². The van der Waals surface area contributed by atoms with Gasteiger partial charge in [-0.15, -0.1) is 0 Å². The van der Waals surface area contributed by atoms with Crippen LogP contribution in [0.2, 0.25) is 0 Å². The van der Waals surface area contributed by atoms with Crippen molar-refractivity contribution in [3.05, 3.63) is 58.1 Å². The number of halogens is 1. The number of hydrazone groups is 1. The van der Waals surface area contributed by atoms with E-state index in [0.717, 1.165) is 22.9 Å². The van der Waals surface area contributed by atoms with Gasteiger partial charge in [-0.25, -0.2) is 5.43 Å². The number of benzene rings is 2. The summed E-state index contributed by atoms with van der Waals surface area (Å²) in [6.07, 6.45) is 3.22. The maximum Gasteiger partial charge on any atom is 0.329 e. The molecule has 1 fully saturated rings. The molecular formula is C21H21BrN4O4. The smallest absolute Gasteiger partial charge is 0.329 e. The largest absolute Gasteiger partial charge is 0.484 e. The van der Waals surface area contributed by atoms with Gasteiger partial charge in [0.25, 0.3) is 5.91 Å². The minimum absolute atomic E-state index is 0.112. The van der Waals surface area contributed by atoms with E-state index in [1.54, 1.807) is 30.3 Å². The van der Waals surface area contributed by atoms with Crippen LogP contribution < -0.4 is 20.8 Å². The molecule has 1 saturated carbocycles. The number of hydrogen-bond acceptors (Lipinski definition) is 5. The Kier molecular flexibility index (Phi) is 7.18. The normalized spacial score (nSPS) is 13.0. The highest BCUT2D eigenvalue weighted by Crippen LogP contribution is 2.20. The first-order chi connectivity index (χ1) is 14.4. The summed E-state index contributed by atoms with van der Waals surface area (Å²) in [4.78, 5) is 35.1. The highest BCUT2D eigenvalue weighted by molar-refractivity contribution is 9.10. The second-order valence-corrected chi connectivity index (χ2v) is 7.67. The van der Waals surface area contributed by atoms with Crippen molar-refractivity contribution in [1.82, 2.24) is 10.7 Å². The Labute approximate surface area is 182 Å². The number of aryl methyl sites for hydroxylation is 1. The van der Waals surface area contributed by atoms with E-state index >= 15 is 0 Å². The number of carbonyl (C=O) groups excluding carboxylic acids is 3. The standard InChI is InChI=1S/C21H21BrN4O4/c1-13-10-16(6-9-18(13)22)24-19(27)12-30-17-7-2-14(3-8-17)11-23-26-21(29)20(28)25-15-4-5-15/h2-3,6-11,15H,4-5,12H2,1H3,(H,24,27)(H,25,28)(H,26,29)/b23-11-. The summed E-state index contributed by atoms with van der Waals surface area (Å²) in [6, 6.07) is 12.4. The Morgan fingerprint density at radius 1 is 1.13 bits per heavy atom. The lowest BCUT2D eigenvalue weighted by atomic mass is 10.2. The zero-order valence-corrected chi connectivity index (χ0v) is 17.9. The number of ether oxygens (including phenoxy) is 1. The van der Waals surface area contributed by atoms with Crippen molar-refractivity contribution >= 4 is 45.6 Å². The topological polar surface area (TPSA) is 109 Å². The molecule has 0 aromatic heterocycles. The van der Waals surface area contributed by atoms with Crippen molar-refractivity contribution in [1.29, 1.82) is 0 Å². The van der Waals surface area contributed by atoms with Crippen LogP contribution >= 0.6 is 15.9 Å². The van der Waals surface area contributed by atoms with Gasteiger partial charge in [0.15, 0.2) is 6.61 Å². The zero-order chi connectivity index (χ0) is 21.5. The Hall–Kier alpha value is -3.20. The van der Waals surface area contributed by atoms with E-state index in [-0.39, 0.29) is 18.6 Å². The molecule has 0 radical (unpaired) electrons. The number of nitrogens with zero attached hydrogens (tertiary/aromatic N) is 1. The van der Waals surface area contributed by atoms with Crippen LogP contribution in [0.15, 0.2) is 52.0 Å². The number of anilines is 1. The number of nitrogens with one attached hydrogen (secondary N) is 3. The van der Waals surface area contributed by atoms with E-state index in [4.69, 9.17) is 4.74 Å². The van der Waals surface area contributed by atoms with E-state index in [1.807, 2.05) is 19.1 Å². The van der Waals surface area contributed by atoms with Gasteiger partial charge in [0.2, 0.25) is 0 Å². The Bertz CT molecular complexity index is 971. The van der Waals surface area contributed by atoms with Crippen molar-refractivity contribution in [2.75, 3.05) is 11.9 Å². The minimum Gasteiger partial charge on any atom is -0.484 e. The third kappa shape index (κ3) is 6.70. The van der Waals surface area contributed by atoms with Crippen LogP contribution in [0.5, 0.6) is 5.75 Å². The molecule has 0 saturated heterocycles. The quantitative estimate of drug-likeness (QED) is 0.326. The molecular weight excluding hydrogens is 452 g/mol. The average molecular weight is 473 g/mol. The first kappa shape index (κ1) is 21.5. The summed E-state index contributed by atoms with van der Waals surface area (Å²) in [5.41, 5.74) is 4.59. The molecule has 2 aromatic rings. The Morgan fingerprint density at radius 3 is 2.53 bits per heavy atom. The fourth-order valence-corrected chi connectivity index (χ4v) is 2.66. The van der Waals surface area contributed by atoms with E-state index in [0.29, 0.717) is 17.0 Å². The predicted octanol–water partition coefficient (Wildman–Crippen LogP) is 2.50. The van der Waals surface area contributed by atoms with Gasteiger partial charge in [-0.3, -0.25) is 14.4 Å². The van der Waals surface area contributed by atoms with Gasteiger partial charge in [0.05, 0.1) is 6.21 Å². The fraction of sp³-hybridized carbons (Fsp3) is 0.238. The molecule has 0 heterocycles. The van der Waals surface area contributed by atoms with Gasteiger partial charge in [-0.1, -0.05) is 15.9 Å². The van der Waals surface area contributed by atoms with Crippen LogP contribution in [0.25, 0.3) is 0 Å². The van der Waals surface area contributed by atoms with Crippen molar-refractivity contribution in [2.45, 2.75) is 25.8 Å². The van der Waals surface area contributed by atoms with Crippen molar-refractivity contribution in [3.63, 3.8) is 0 Å². The fourth-order valence-electron chi connectivity index (χ4n) is 2.41. The van der Waals surface area contributed by atoms with Gasteiger partial charge in [0, 0.05) is 16.2 Å². The zero-order valence-electron chi connectivity index (χ0n) is 16.3. The summed E-state index contributed by atoms with van der Waals surface area (Å²) in [7, 11) is 0. The first-order valence-corrected chi connectivity index (χ1v) is 10.1. The summed E-state index contributed by atoms with van der Waals surface area (Å²) < 4.78 is 6.45. The van der Waals surface area contributed by atoms with Crippen LogP contribution in [0.3, 0.4) is 0 Å². The molecule has 0 unspecified atom stereocenters. The molecule has 1 aliphatic rings. The van der Waals surface area contributed by atoms with Crippen LogP contribution in [0.1, 0.15) is 24.0 Å². The summed E-state index contributed by atoms with van der Waals surface area (Å²) in [5.74, 6) is -1.24. The Morgan fingerprint density at radius 2 is 1.87 bits per heavy atom. The van der Waals surface area contributed by atoms with Crippen molar-refractivity contribution in [3.8, 4) is 5.75 Å². The highest BCUT2D eigenvalue weighted by atomic mass is 79.9. The van der Waals surface area contributed by atoms with E-state index < -0.39 is 11.8 Å². The second kappa shape index (κ2) is 10.0. The summed E-state index contributed by atoms with van der Waals surface area (Å²) in [5, 5.41) is 9.11. The highest BCUT2D eigenvalue weighted by Gasteiger charge is 2.26. The minimum atomic E-state index is -0.801. The molecule has 3 N–H and O–H groups in total. The van der Waals surface area contributed by atoms with Crippen molar-refractivity contribution < 1.29 is 19.1 Å². The SMILES string of the molecule is Cc1cc(NC(=O)COc2ccc(/C=N\NC(=O)C(=O)NC3CC3)cc2)ccc1Br. The van der Waals surface area contributed by atoms with E-state index in [9.17, 15) is 14.4 Å². The molecule has 8 nitrogen and oxygen atoms in total. The van der Waals surface area contributed by atoms with Crippen LogP contribution in [-0.4, -0.2) is 36.6 Å². The maximum absolute atomic E-state index is 12.0. The van der Waals surface area contributed by atoms with Crippen molar-refractivity contribution in [2.24, 2.45) is 5.10 Å². The predicted molar refractivity (Wildman–Crippen MR) is 116 cm³/mol. The van der Waals surface area contributed by atoms with Crippen LogP contribution in [0.4, 0.5) is 5.69 Å². The third-order valence-electron chi connectivity index (χ3n) is 4.19. The number of amides is 3. The first-order valence-electron chi connectivity index (χ1n) is 9.33. The van der Waals surface area contributed by atoms with Gasteiger partial charge >= 0.3 is 11.8 Å². The third-order valence-corrected chi connectivity index (χ3v) is 5.08. The Balaban J connectivity index is 1.42. The summed E-state index contributed by atoms with van der Waals surface area (Å²) >= 11 is 3.42. The molecule has 30 heavy (non-hydrogen) atoms. The number of rotatable bonds is 7. The molecule has 0 spiro atoms. The lowest BCUT2D eigenvalue weighted by Crippen LogP contribution is -2.38.